The molecule has 1 N–H and O–H groups in total. The van der Waals surface area contributed by atoms with Crippen LogP contribution in [-0.2, 0) is 0 Å². The zero-order valence-corrected chi connectivity index (χ0v) is 14.2. The molecule has 0 saturated carbocycles. The molecule has 9 heteroatoms. The summed E-state index contributed by atoms with van der Waals surface area (Å²) in [5.41, 5.74) is 1.38. The van der Waals surface area contributed by atoms with Gasteiger partial charge in [-0.15, -0.1) is 0 Å². The molecule has 2 rings (SSSR count). The molecule has 2 aromatic rings. The fraction of sp³-hybridized carbons (Fsp3) is 0.294. The van der Waals surface area contributed by atoms with E-state index < -0.39 is 29.2 Å². The fourth-order valence-electron chi connectivity index (χ4n) is 1.96. The molecule has 5 nitrogen and oxygen atoms in total. The standard InChI is InChI=1S/C17H17F4N3O2/c1-3-7-26-11-6-5-10(8-12(11)25-4-2)9-22-24-15-13(18)16(20)23-17(21)14(15)19/h5-6,8-9H,3-4,7H2,1-2H3,(H,23,24)/b22-9-. The van der Waals surface area contributed by atoms with E-state index in [2.05, 4.69) is 10.1 Å². The second-order valence-electron chi connectivity index (χ2n) is 5.05. The Kier molecular flexibility index (Phi) is 6.76. The van der Waals surface area contributed by atoms with Crippen molar-refractivity contribution in [2.45, 2.75) is 20.3 Å². The van der Waals surface area contributed by atoms with E-state index >= 15 is 0 Å². The molecule has 140 valence electrons. The van der Waals surface area contributed by atoms with Crippen LogP contribution in [0.3, 0.4) is 0 Å². The van der Waals surface area contributed by atoms with Gasteiger partial charge in [0.1, 0.15) is 5.69 Å². The van der Waals surface area contributed by atoms with Gasteiger partial charge >= 0.3 is 0 Å². The summed E-state index contributed by atoms with van der Waals surface area (Å²) in [6.07, 6.45) is 2.04. The average Bonchev–Trinajstić information content (AvgIpc) is 2.62. The SMILES string of the molecule is CCCOc1ccc(/C=N\Nc2c(F)c(F)nc(F)c2F)cc1OCC. The monoisotopic (exact) mass is 371 g/mol. The molecule has 1 aromatic heterocycles. The Morgan fingerprint density at radius 1 is 1.04 bits per heavy atom. The van der Waals surface area contributed by atoms with Gasteiger partial charge in [0.15, 0.2) is 11.5 Å². The predicted octanol–water partition coefficient (Wildman–Crippen LogP) is 4.27. The van der Waals surface area contributed by atoms with Gasteiger partial charge in [-0.05, 0) is 37.1 Å². The van der Waals surface area contributed by atoms with Crippen LogP contribution in [0.2, 0.25) is 0 Å². The maximum Gasteiger partial charge on any atom is 0.254 e. The van der Waals surface area contributed by atoms with Crippen LogP contribution in [0.5, 0.6) is 11.5 Å². The number of anilines is 1. The van der Waals surface area contributed by atoms with Crippen LogP contribution >= 0.6 is 0 Å². The van der Waals surface area contributed by atoms with E-state index in [0.717, 1.165) is 6.42 Å². The number of benzene rings is 1. The first-order valence-corrected chi connectivity index (χ1v) is 7.86. The molecular formula is C17H17F4N3O2. The fourth-order valence-corrected chi connectivity index (χ4v) is 1.96. The Balaban J connectivity index is 2.19. The predicted molar refractivity (Wildman–Crippen MR) is 88.7 cm³/mol. The second kappa shape index (κ2) is 9.02. The number of aromatic nitrogens is 1. The Morgan fingerprint density at radius 3 is 2.35 bits per heavy atom. The van der Waals surface area contributed by atoms with E-state index in [0.29, 0.717) is 30.3 Å². The second-order valence-corrected chi connectivity index (χ2v) is 5.05. The summed E-state index contributed by atoms with van der Waals surface area (Å²) in [6, 6.07) is 4.91. The van der Waals surface area contributed by atoms with Crippen molar-refractivity contribution in [1.82, 2.24) is 4.98 Å². The Labute approximate surface area is 147 Å². The minimum atomic E-state index is -1.77. The lowest BCUT2D eigenvalue weighted by Gasteiger charge is -2.11. The summed E-state index contributed by atoms with van der Waals surface area (Å²) in [5, 5.41) is 3.60. The number of ether oxygens (including phenoxy) is 2. The highest BCUT2D eigenvalue weighted by atomic mass is 19.2. The van der Waals surface area contributed by atoms with Gasteiger partial charge in [0.25, 0.3) is 11.9 Å². The third-order valence-corrected chi connectivity index (χ3v) is 3.12. The highest BCUT2D eigenvalue weighted by molar-refractivity contribution is 5.81. The molecule has 0 aliphatic heterocycles. The first kappa shape index (κ1) is 19.5. The van der Waals surface area contributed by atoms with Gasteiger partial charge in [-0.3, -0.25) is 5.43 Å². The maximum atomic E-state index is 13.5. The van der Waals surface area contributed by atoms with Crippen LogP contribution in [-0.4, -0.2) is 24.4 Å². The lowest BCUT2D eigenvalue weighted by Crippen LogP contribution is -2.06. The van der Waals surface area contributed by atoms with Crippen molar-refractivity contribution in [1.29, 1.82) is 0 Å². The van der Waals surface area contributed by atoms with Crippen molar-refractivity contribution in [3.63, 3.8) is 0 Å². The largest absolute Gasteiger partial charge is 0.490 e. The number of hydrogen-bond donors (Lipinski definition) is 1. The number of rotatable bonds is 8. The van der Waals surface area contributed by atoms with Crippen molar-refractivity contribution in [2.24, 2.45) is 5.10 Å². The Bertz CT molecular complexity index is 774. The molecule has 0 saturated heterocycles. The van der Waals surface area contributed by atoms with Crippen molar-refractivity contribution < 1.29 is 27.0 Å². The van der Waals surface area contributed by atoms with Crippen LogP contribution in [0.15, 0.2) is 23.3 Å². The van der Waals surface area contributed by atoms with Crippen molar-refractivity contribution in [2.75, 3.05) is 18.6 Å². The zero-order chi connectivity index (χ0) is 19.1. The lowest BCUT2D eigenvalue weighted by atomic mass is 10.2. The van der Waals surface area contributed by atoms with Gasteiger partial charge in [-0.1, -0.05) is 6.92 Å². The molecule has 0 unspecified atom stereocenters. The third-order valence-electron chi connectivity index (χ3n) is 3.12. The highest BCUT2D eigenvalue weighted by Gasteiger charge is 2.20. The first-order valence-electron chi connectivity index (χ1n) is 7.86. The topological polar surface area (TPSA) is 55.7 Å². The number of nitrogens with zero attached hydrogens (tertiary/aromatic N) is 2. The number of pyridine rings is 1. The molecule has 0 amide bonds. The maximum absolute atomic E-state index is 13.5. The molecule has 0 bridgehead atoms. The van der Waals surface area contributed by atoms with E-state index in [1.807, 2.05) is 19.3 Å². The van der Waals surface area contributed by atoms with E-state index in [-0.39, 0.29) is 0 Å². The van der Waals surface area contributed by atoms with Crippen molar-refractivity contribution >= 4 is 11.9 Å². The first-order chi connectivity index (χ1) is 12.5. The van der Waals surface area contributed by atoms with Crippen molar-refractivity contribution in [3.8, 4) is 11.5 Å². The van der Waals surface area contributed by atoms with Gasteiger partial charge in [0, 0.05) is 0 Å². The summed E-state index contributed by atoms with van der Waals surface area (Å²) < 4.78 is 64.1. The van der Waals surface area contributed by atoms with E-state index in [9.17, 15) is 17.6 Å². The Morgan fingerprint density at radius 2 is 1.73 bits per heavy atom. The van der Waals surface area contributed by atoms with E-state index in [1.165, 1.54) is 6.21 Å². The summed E-state index contributed by atoms with van der Waals surface area (Å²) in [6.45, 7) is 4.71. The van der Waals surface area contributed by atoms with E-state index in [4.69, 9.17) is 9.47 Å². The van der Waals surface area contributed by atoms with Crippen LogP contribution in [0.25, 0.3) is 0 Å². The lowest BCUT2D eigenvalue weighted by molar-refractivity contribution is 0.277. The molecule has 1 aromatic carbocycles. The molecule has 0 radical (unpaired) electrons. The number of hydrazone groups is 1. The van der Waals surface area contributed by atoms with Crippen LogP contribution in [0.1, 0.15) is 25.8 Å². The molecule has 1 heterocycles. The summed E-state index contributed by atoms with van der Waals surface area (Å²) in [4.78, 5) is 2.46. The molecule has 26 heavy (non-hydrogen) atoms. The van der Waals surface area contributed by atoms with Crippen LogP contribution in [0.4, 0.5) is 23.2 Å². The minimum absolute atomic E-state index is 0.410. The number of hydrogen-bond acceptors (Lipinski definition) is 5. The smallest absolute Gasteiger partial charge is 0.254 e. The summed E-state index contributed by atoms with van der Waals surface area (Å²) in [5.74, 6) is -5.84. The molecule has 0 aliphatic carbocycles. The number of nitrogens with one attached hydrogen (secondary N) is 1. The molecular weight excluding hydrogens is 354 g/mol. The van der Waals surface area contributed by atoms with Crippen LogP contribution in [0, 0.1) is 23.5 Å². The Hall–Kier alpha value is -2.84. The highest BCUT2D eigenvalue weighted by Crippen LogP contribution is 2.28. The molecule has 0 fully saturated rings. The van der Waals surface area contributed by atoms with Crippen molar-refractivity contribution in [3.05, 3.63) is 47.3 Å². The third kappa shape index (κ3) is 4.62. The molecule has 0 atom stereocenters. The molecule has 0 aliphatic rings. The van der Waals surface area contributed by atoms with Gasteiger partial charge < -0.3 is 9.47 Å². The minimum Gasteiger partial charge on any atom is -0.490 e. The van der Waals surface area contributed by atoms with Gasteiger partial charge in [-0.25, -0.2) is 0 Å². The van der Waals surface area contributed by atoms with Gasteiger partial charge in [0.2, 0.25) is 11.6 Å². The normalized spacial score (nSPS) is 11.0. The van der Waals surface area contributed by atoms with E-state index in [1.54, 1.807) is 18.2 Å². The quantitative estimate of drug-likeness (QED) is 0.326. The van der Waals surface area contributed by atoms with Gasteiger partial charge in [-0.2, -0.15) is 27.6 Å². The summed E-state index contributed by atoms with van der Waals surface area (Å²) in [7, 11) is 0. The molecule has 0 spiro atoms. The number of halogens is 4. The summed E-state index contributed by atoms with van der Waals surface area (Å²) >= 11 is 0. The van der Waals surface area contributed by atoms with Gasteiger partial charge in [0.05, 0.1) is 19.4 Å². The zero-order valence-electron chi connectivity index (χ0n) is 14.2. The average molecular weight is 371 g/mol. The van der Waals surface area contributed by atoms with Crippen LogP contribution < -0.4 is 14.9 Å².